The fraction of sp³-hybridized carbons (Fsp3) is 0.467. The Hall–Kier alpha value is -2.68. The first-order chi connectivity index (χ1) is 11.0. The van der Waals surface area contributed by atoms with E-state index < -0.39 is 34.7 Å². The van der Waals surface area contributed by atoms with E-state index in [1.165, 1.54) is 18.2 Å². The van der Waals surface area contributed by atoms with Crippen molar-refractivity contribution < 1.29 is 29.1 Å². The van der Waals surface area contributed by atoms with E-state index in [1.807, 2.05) is 0 Å². The molecule has 2 atom stereocenters. The van der Waals surface area contributed by atoms with Crippen LogP contribution < -0.4 is 5.32 Å². The van der Waals surface area contributed by atoms with Crippen molar-refractivity contribution >= 4 is 17.7 Å². The molecule has 0 saturated carbocycles. The van der Waals surface area contributed by atoms with E-state index >= 15 is 0 Å². The Bertz CT molecular complexity index is 624. The van der Waals surface area contributed by atoms with Crippen LogP contribution in [0.5, 0.6) is 0 Å². The first-order valence-electron chi connectivity index (χ1n) is 7.05. The van der Waals surface area contributed by atoms with Gasteiger partial charge >= 0.3 is 12.1 Å². The number of nitro benzene ring substituents is 1. The average Bonchev–Trinajstić information content (AvgIpc) is 2.49. The fourth-order valence-electron chi connectivity index (χ4n) is 1.84. The van der Waals surface area contributed by atoms with Gasteiger partial charge in [0.1, 0.15) is 11.7 Å². The summed E-state index contributed by atoms with van der Waals surface area (Å²) in [5.74, 6) is -0.917. The second-order valence-electron chi connectivity index (χ2n) is 5.94. The summed E-state index contributed by atoms with van der Waals surface area (Å²) in [6, 6.07) is 3.62. The first-order valence-corrected chi connectivity index (χ1v) is 7.05. The SMILES string of the molecule is COC(=O)[C@@H](NC(=O)OC(C)(C)C)[C@H](O)c1cccc([N+](=O)[O-])c1. The van der Waals surface area contributed by atoms with Crippen LogP contribution in [0.1, 0.15) is 32.4 Å². The number of hydrogen-bond donors (Lipinski definition) is 2. The number of aliphatic hydroxyl groups excluding tert-OH is 1. The Balaban J connectivity index is 3.03. The quantitative estimate of drug-likeness (QED) is 0.474. The predicted octanol–water partition coefficient (Wildman–Crippen LogP) is 1.69. The molecule has 1 rings (SSSR count). The highest BCUT2D eigenvalue weighted by atomic mass is 16.6. The molecule has 1 amide bonds. The summed E-state index contributed by atoms with van der Waals surface area (Å²) in [4.78, 5) is 33.9. The lowest BCUT2D eigenvalue weighted by molar-refractivity contribution is -0.385. The number of carbonyl (C=O) groups is 2. The van der Waals surface area contributed by atoms with E-state index in [0.29, 0.717) is 0 Å². The van der Waals surface area contributed by atoms with Crippen molar-refractivity contribution in [3.63, 3.8) is 0 Å². The van der Waals surface area contributed by atoms with Crippen molar-refractivity contribution in [3.05, 3.63) is 39.9 Å². The Morgan fingerprint density at radius 2 is 1.96 bits per heavy atom. The van der Waals surface area contributed by atoms with Crippen molar-refractivity contribution in [2.45, 2.75) is 38.5 Å². The van der Waals surface area contributed by atoms with Gasteiger partial charge in [-0.25, -0.2) is 9.59 Å². The number of alkyl carbamates (subject to hydrolysis) is 1. The normalized spacial score (nSPS) is 13.5. The van der Waals surface area contributed by atoms with Crippen LogP contribution in [-0.4, -0.2) is 40.8 Å². The van der Waals surface area contributed by atoms with Crippen LogP contribution in [0.15, 0.2) is 24.3 Å². The zero-order valence-electron chi connectivity index (χ0n) is 13.8. The van der Waals surface area contributed by atoms with Gasteiger partial charge in [-0.2, -0.15) is 0 Å². The second kappa shape index (κ2) is 7.73. The van der Waals surface area contributed by atoms with Crippen LogP contribution in [0.4, 0.5) is 10.5 Å². The van der Waals surface area contributed by atoms with Gasteiger partial charge in [-0.05, 0) is 26.3 Å². The molecule has 0 aromatic heterocycles. The number of hydrogen-bond acceptors (Lipinski definition) is 7. The van der Waals surface area contributed by atoms with Crippen LogP contribution >= 0.6 is 0 Å². The van der Waals surface area contributed by atoms with Gasteiger partial charge in [-0.3, -0.25) is 10.1 Å². The van der Waals surface area contributed by atoms with Crippen LogP contribution in [0.3, 0.4) is 0 Å². The molecule has 132 valence electrons. The molecule has 0 aliphatic carbocycles. The number of rotatable bonds is 5. The largest absolute Gasteiger partial charge is 0.467 e. The number of esters is 1. The van der Waals surface area contributed by atoms with E-state index in [9.17, 15) is 24.8 Å². The number of amides is 1. The minimum atomic E-state index is -1.55. The first kappa shape index (κ1) is 19.4. The number of methoxy groups -OCH3 is 1. The summed E-state index contributed by atoms with van der Waals surface area (Å²) in [5, 5.41) is 23.4. The topological polar surface area (TPSA) is 128 Å². The van der Waals surface area contributed by atoms with E-state index in [-0.39, 0.29) is 11.3 Å². The van der Waals surface area contributed by atoms with Crippen molar-refractivity contribution in [2.24, 2.45) is 0 Å². The van der Waals surface area contributed by atoms with Crippen LogP contribution in [-0.2, 0) is 14.3 Å². The molecule has 0 heterocycles. The molecule has 0 saturated heterocycles. The standard InChI is InChI=1S/C15H20N2O7/c1-15(2,3)24-14(20)16-11(13(19)23-4)12(18)9-6-5-7-10(8-9)17(21)22/h5-8,11-12,18H,1-4H3,(H,16,20)/t11-,12+/m0/s1. The zero-order chi connectivity index (χ0) is 18.5. The number of nitro groups is 1. The van der Waals surface area contributed by atoms with Gasteiger partial charge in [0.15, 0.2) is 6.04 Å². The van der Waals surface area contributed by atoms with E-state index in [1.54, 1.807) is 20.8 Å². The number of non-ortho nitro benzene ring substituents is 1. The lowest BCUT2D eigenvalue weighted by Crippen LogP contribution is -2.47. The molecule has 9 nitrogen and oxygen atoms in total. The van der Waals surface area contributed by atoms with Crippen LogP contribution in [0, 0.1) is 10.1 Å². The van der Waals surface area contributed by atoms with E-state index in [4.69, 9.17) is 4.74 Å². The van der Waals surface area contributed by atoms with Crippen LogP contribution in [0.2, 0.25) is 0 Å². The van der Waals surface area contributed by atoms with Gasteiger partial charge < -0.3 is 19.9 Å². The molecule has 24 heavy (non-hydrogen) atoms. The third-order valence-electron chi connectivity index (χ3n) is 2.87. The van der Waals surface area contributed by atoms with E-state index in [0.717, 1.165) is 13.2 Å². The van der Waals surface area contributed by atoms with Crippen molar-refractivity contribution in [1.29, 1.82) is 0 Å². The molecular formula is C15H20N2O7. The van der Waals surface area contributed by atoms with Crippen molar-refractivity contribution in [1.82, 2.24) is 5.32 Å². The maximum Gasteiger partial charge on any atom is 0.408 e. The molecule has 0 unspecified atom stereocenters. The molecule has 0 fully saturated rings. The van der Waals surface area contributed by atoms with Crippen molar-refractivity contribution in [2.75, 3.05) is 7.11 Å². The third-order valence-corrected chi connectivity index (χ3v) is 2.87. The minimum absolute atomic E-state index is 0.0793. The molecular weight excluding hydrogens is 320 g/mol. The maximum absolute atomic E-state index is 11.9. The van der Waals surface area contributed by atoms with Crippen LogP contribution in [0.25, 0.3) is 0 Å². The van der Waals surface area contributed by atoms with Crippen molar-refractivity contribution in [3.8, 4) is 0 Å². The summed E-state index contributed by atoms with van der Waals surface area (Å²) >= 11 is 0. The molecule has 0 spiro atoms. The average molecular weight is 340 g/mol. The zero-order valence-corrected chi connectivity index (χ0v) is 13.8. The Kier molecular flexibility index (Phi) is 6.24. The van der Waals surface area contributed by atoms with Gasteiger partial charge in [-0.1, -0.05) is 12.1 Å². The summed E-state index contributed by atoms with van der Waals surface area (Å²) < 4.78 is 9.59. The van der Waals surface area contributed by atoms with Gasteiger partial charge in [0.25, 0.3) is 5.69 Å². The molecule has 0 bridgehead atoms. The summed E-state index contributed by atoms with van der Waals surface area (Å²) in [5.41, 5.74) is -0.982. The molecule has 0 radical (unpaired) electrons. The molecule has 0 aliphatic heterocycles. The highest BCUT2D eigenvalue weighted by molar-refractivity contribution is 5.82. The van der Waals surface area contributed by atoms with E-state index in [2.05, 4.69) is 10.1 Å². The summed E-state index contributed by atoms with van der Waals surface area (Å²) in [6.07, 6.45) is -2.48. The number of nitrogens with one attached hydrogen (secondary N) is 1. The lowest BCUT2D eigenvalue weighted by atomic mass is 10.0. The minimum Gasteiger partial charge on any atom is -0.467 e. The number of ether oxygens (including phenoxy) is 2. The molecule has 2 N–H and O–H groups in total. The van der Waals surface area contributed by atoms with Gasteiger partial charge in [0, 0.05) is 12.1 Å². The lowest BCUT2D eigenvalue weighted by Gasteiger charge is -2.25. The number of nitrogens with zero attached hydrogens (tertiary/aromatic N) is 1. The van der Waals surface area contributed by atoms with Gasteiger partial charge in [-0.15, -0.1) is 0 Å². The fourth-order valence-corrected chi connectivity index (χ4v) is 1.84. The highest BCUT2D eigenvalue weighted by Gasteiger charge is 2.33. The second-order valence-corrected chi connectivity index (χ2v) is 5.94. The summed E-state index contributed by atoms with van der Waals surface area (Å²) in [7, 11) is 1.09. The predicted molar refractivity (Wildman–Crippen MR) is 83.2 cm³/mol. The molecule has 9 heteroatoms. The number of aliphatic hydroxyl groups is 1. The Morgan fingerprint density at radius 1 is 1.33 bits per heavy atom. The smallest absolute Gasteiger partial charge is 0.408 e. The Morgan fingerprint density at radius 3 is 2.46 bits per heavy atom. The monoisotopic (exact) mass is 340 g/mol. The number of carbonyl (C=O) groups excluding carboxylic acids is 2. The van der Waals surface area contributed by atoms with Gasteiger partial charge in [0.05, 0.1) is 12.0 Å². The molecule has 0 aliphatic rings. The molecule has 1 aromatic rings. The third kappa shape index (κ3) is 5.51. The molecule has 1 aromatic carbocycles. The number of benzene rings is 1. The van der Waals surface area contributed by atoms with Gasteiger partial charge in [0.2, 0.25) is 0 Å². The highest BCUT2D eigenvalue weighted by Crippen LogP contribution is 2.22. The maximum atomic E-state index is 11.9. The summed E-state index contributed by atoms with van der Waals surface area (Å²) in [6.45, 7) is 4.91. The Labute approximate surface area is 138 Å².